The van der Waals surface area contributed by atoms with Crippen LogP contribution in [0.5, 0.6) is 0 Å². The molecule has 1 saturated carbocycles. The third-order valence-corrected chi connectivity index (χ3v) is 6.47. The minimum atomic E-state index is -1.43. The zero-order valence-electron chi connectivity index (χ0n) is 20.1. The van der Waals surface area contributed by atoms with Crippen LogP contribution in [0.4, 0.5) is 5.82 Å². The number of aryl methyl sites for hydroxylation is 1. The number of anilines is 1. The average molecular weight is 511 g/mol. The van der Waals surface area contributed by atoms with Gasteiger partial charge in [-0.05, 0) is 32.1 Å². The van der Waals surface area contributed by atoms with E-state index < -0.39 is 30.4 Å². The van der Waals surface area contributed by atoms with Crippen LogP contribution in [-0.4, -0.2) is 81.1 Å². The molecule has 1 aliphatic heterocycles. The van der Waals surface area contributed by atoms with E-state index in [0.29, 0.717) is 28.7 Å². The lowest BCUT2D eigenvalue weighted by Crippen LogP contribution is -2.41. The maximum atomic E-state index is 12.1. The van der Waals surface area contributed by atoms with E-state index in [1.807, 2.05) is 6.92 Å². The lowest BCUT2D eigenvalue weighted by molar-refractivity contribution is -0.137. The second-order valence-corrected chi connectivity index (χ2v) is 9.33. The van der Waals surface area contributed by atoms with Gasteiger partial charge in [0.2, 0.25) is 0 Å². The molecule has 1 unspecified atom stereocenters. The van der Waals surface area contributed by atoms with E-state index in [-0.39, 0.29) is 12.5 Å². The van der Waals surface area contributed by atoms with Crippen LogP contribution in [0.1, 0.15) is 36.2 Å². The zero-order chi connectivity index (χ0) is 25.7. The Kier molecular flexibility index (Phi) is 5.81. The van der Waals surface area contributed by atoms with Crippen LogP contribution in [-0.2, 0) is 22.5 Å². The number of fused-ring (bicyclic) bond motifs is 1. The molecule has 6 rings (SSSR count). The van der Waals surface area contributed by atoms with E-state index in [4.69, 9.17) is 9.26 Å². The Hall–Kier alpha value is -3.95. The van der Waals surface area contributed by atoms with E-state index in [2.05, 4.69) is 41.1 Å². The van der Waals surface area contributed by atoms with Crippen molar-refractivity contribution in [3.63, 3.8) is 0 Å². The Labute approximate surface area is 209 Å². The van der Waals surface area contributed by atoms with Gasteiger partial charge in [-0.25, -0.2) is 4.98 Å². The summed E-state index contributed by atoms with van der Waals surface area (Å²) in [6, 6.07) is 1.80. The summed E-state index contributed by atoms with van der Waals surface area (Å²) in [7, 11) is 1.42. The molecule has 1 saturated heterocycles. The highest BCUT2D eigenvalue weighted by molar-refractivity contribution is 5.84. The van der Waals surface area contributed by atoms with Crippen LogP contribution in [0, 0.1) is 12.8 Å². The van der Waals surface area contributed by atoms with E-state index in [0.717, 1.165) is 17.8 Å². The molecule has 0 bridgehead atoms. The number of nitrogens with zero attached hydrogens (tertiary/aromatic N) is 8. The van der Waals surface area contributed by atoms with Crippen molar-refractivity contribution in [3.8, 4) is 5.95 Å². The molecule has 4 aromatic heterocycles. The molecule has 1 aliphatic carbocycles. The summed E-state index contributed by atoms with van der Waals surface area (Å²) in [6.07, 6.45) is 1.23. The molecule has 0 aromatic carbocycles. The average Bonchev–Trinajstić information content (AvgIpc) is 3.21. The predicted octanol–water partition coefficient (Wildman–Crippen LogP) is -0.367. The number of likely N-dealkylation sites (N-methyl/N-ethyl adjacent to an activating group) is 1. The van der Waals surface area contributed by atoms with Crippen molar-refractivity contribution in [3.05, 3.63) is 35.7 Å². The highest BCUT2D eigenvalue weighted by atomic mass is 16.6. The first-order chi connectivity index (χ1) is 17.9. The van der Waals surface area contributed by atoms with Gasteiger partial charge in [0.25, 0.3) is 11.9 Å². The zero-order valence-corrected chi connectivity index (χ0v) is 20.1. The molecule has 194 valence electrons. The number of hydrogen-bond donors (Lipinski definition) is 4. The van der Waals surface area contributed by atoms with Crippen molar-refractivity contribution in [1.29, 1.82) is 0 Å². The predicted molar refractivity (Wildman–Crippen MR) is 125 cm³/mol. The largest absolute Gasteiger partial charge is 0.387 e. The first-order valence-electron chi connectivity index (χ1n) is 12.0. The number of aliphatic hydroxyl groups is 2. The number of ether oxygens (including phenoxy) is 1. The molecule has 2 aliphatic rings. The van der Waals surface area contributed by atoms with Gasteiger partial charge in [-0.3, -0.25) is 9.36 Å². The summed E-state index contributed by atoms with van der Waals surface area (Å²) in [4.78, 5) is 25.8. The van der Waals surface area contributed by atoms with Gasteiger partial charge < -0.3 is 30.1 Å². The first kappa shape index (κ1) is 23.4. The molecule has 15 heteroatoms. The summed E-state index contributed by atoms with van der Waals surface area (Å²) < 4.78 is 14.0. The number of carbonyl (C=O) groups is 1. The SMILES string of the molecule is CNC(=O)[C@H]1OC(n2cnc3c(NCc4cc(C)no4)nc(-n4cc(CC5CC5)nn4)nc32)[C@H](O)[C@@H]1O. The smallest absolute Gasteiger partial charge is 0.256 e. The topological polar surface area (TPSA) is 191 Å². The van der Waals surface area contributed by atoms with Crippen molar-refractivity contribution in [2.45, 2.75) is 57.3 Å². The van der Waals surface area contributed by atoms with E-state index in [1.54, 1.807) is 12.3 Å². The molecular weight excluding hydrogens is 484 g/mol. The monoisotopic (exact) mass is 510 g/mol. The number of aliphatic hydroxyl groups excluding tert-OH is 2. The van der Waals surface area contributed by atoms with Crippen LogP contribution in [0.15, 0.2) is 23.1 Å². The molecular formula is C22H26N10O5. The van der Waals surface area contributed by atoms with Crippen LogP contribution in [0.3, 0.4) is 0 Å². The van der Waals surface area contributed by atoms with Crippen LogP contribution < -0.4 is 10.6 Å². The van der Waals surface area contributed by atoms with Gasteiger partial charge in [0.05, 0.1) is 30.5 Å². The van der Waals surface area contributed by atoms with Gasteiger partial charge in [-0.2, -0.15) is 14.6 Å². The summed E-state index contributed by atoms with van der Waals surface area (Å²) in [5, 5.41) is 39.1. The van der Waals surface area contributed by atoms with Gasteiger partial charge in [0.15, 0.2) is 35.1 Å². The van der Waals surface area contributed by atoms with Crippen molar-refractivity contribution in [2.75, 3.05) is 12.4 Å². The summed E-state index contributed by atoms with van der Waals surface area (Å²) >= 11 is 0. The van der Waals surface area contributed by atoms with Crippen molar-refractivity contribution in [2.24, 2.45) is 5.92 Å². The van der Waals surface area contributed by atoms with Gasteiger partial charge >= 0.3 is 0 Å². The van der Waals surface area contributed by atoms with Crippen molar-refractivity contribution < 1.29 is 24.3 Å². The Morgan fingerprint density at radius 1 is 1.24 bits per heavy atom. The third-order valence-electron chi connectivity index (χ3n) is 6.47. The lowest BCUT2D eigenvalue weighted by Gasteiger charge is -2.17. The molecule has 4 N–H and O–H groups in total. The molecule has 2 fully saturated rings. The van der Waals surface area contributed by atoms with E-state index >= 15 is 0 Å². The Morgan fingerprint density at radius 3 is 2.81 bits per heavy atom. The number of hydrogen-bond acceptors (Lipinski definition) is 12. The molecule has 1 amide bonds. The maximum absolute atomic E-state index is 12.1. The van der Waals surface area contributed by atoms with E-state index in [9.17, 15) is 15.0 Å². The second-order valence-electron chi connectivity index (χ2n) is 9.33. The minimum Gasteiger partial charge on any atom is -0.387 e. The van der Waals surface area contributed by atoms with Crippen LogP contribution in [0.25, 0.3) is 17.1 Å². The summed E-state index contributed by atoms with van der Waals surface area (Å²) in [6.45, 7) is 2.11. The van der Waals surface area contributed by atoms with Gasteiger partial charge in [-0.15, -0.1) is 5.10 Å². The second kappa shape index (κ2) is 9.17. The number of amides is 1. The lowest BCUT2D eigenvalue weighted by atomic mass is 10.1. The van der Waals surface area contributed by atoms with Crippen LogP contribution in [0.2, 0.25) is 0 Å². The molecule has 0 radical (unpaired) electrons. The highest BCUT2D eigenvalue weighted by Gasteiger charge is 2.47. The van der Waals surface area contributed by atoms with Gasteiger partial charge in [0.1, 0.15) is 12.2 Å². The molecule has 0 spiro atoms. The number of carbonyl (C=O) groups excluding carboxylic acids is 1. The fourth-order valence-electron chi connectivity index (χ4n) is 4.34. The minimum absolute atomic E-state index is 0.218. The third kappa shape index (κ3) is 4.41. The molecule has 4 aromatic rings. The Balaban J connectivity index is 1.39. The normalized spacial score (nSPS) is 23.6. The summed E-state index contributed by atoms with van der Waals surface area (Å²) in [5.74, 6) is 1.28. The van der Waals surface area contributed by atoms with E-state index in [1.165, 1.54) is 35.5 Å². The fourth-order valence-corrected chi connectivity index (χ4v) is 4.34. The molecule has 5 heterocycles. The van der Waals surface area contributed by atoms with Gasteiger partial charge in [-0.1, -0.05) is 10.4 Å². The summed E-state index contributed by atoms with van der Waals surface area (Å²) in [5.41, 5.74) is 2.27. The fraction of sp³-hybridized carbons (Fsp3) is 0.500. The highest BCUT2D eigenvalue weighted by Crippen LogP contribution is 2.34. The molecule has 15 nitrogen and oxygen atoms in total. The number of rotatable bonds is 8. The number of imidazole rings is 1. The standard InChI is InChI=1S/C22H26N10O5/c1-10-5-13(37-29-10)7-24-18-14-19(27-22(26-18)32-8-12(28-30-32)6-11-3-4-11)31(9-25-14)21-16(34)15(33)17(36-21)20(35)23-2/h5,8-9,11,15-17,21,33-34H,3-4,6-7H2,1-2H3,(H,23,35)(H,24,26,27)/t15-,16+,17-,21?/m0/s1. The molecule has 4 atom stereocenters. The number of aromatic nitrogens is 8. The van der Waals surface area contributed by atoms with Crippen LogP contribution >= 0.6 is 0 Å². The van der Waals surface area contributed by atoms with Crippen molar-refractivity contribution >= 4 is 22.9 Å². The quantitative estimate of drug-likeness (QED) is 0.241. The molecule has 37 heavy (non-hydrogen) atoms. The maximum Gasteiger partial charge on any atom is 0.256 e. The Morgan fingerprint density at radius 2 is 2.08 bits per heavy atom. The Bertz CT molecular complexity index is 1440. The van der Waals surface area contributed by atoms with Gasteiger partial charge in [0, 0.05) is 13.1 Å². The first-order valence-corrected chi connectivity index (χ1v) is 12.0. The number of nitrogens with one attached hydrogen (secondary N) is 2. The van der Waals surface area contributed by atoms with Crippen molar-refractivity contribution in [1.82, 2.24) is 45.0 Å².